The molecular formula is C23H15Cl6N5O3. The van der Waals surface area contributed by atoms with Gasteiger partial charge in [-0.25, -0.2) is 15.0 Å². The lowest BCUT2D eigenvalue weighted by Crippen LogP contribution is -2.16. The molecule has 192 valence electrons. The van der Waals surface area contributed by atoms with Gasteiger partial charge in [-0.2, -0.15) is 0 Å². The number of nitrogens with zero attached hydrogens (tertiary/aromatic N) is 5. The Labute approximate surface area is 241 Å². The van der Waals surface area contributed by atoms with Gasteiger partial charge in [0.05, 0.1) is 14.2 Å². The smallest absolute Gasteiger partial charge is 0.250 e. The first-order valence-corrected chi connectivity index (χ1v) is 12.5. The number of benzene rings is 2. The minimum atomic E-state index is -1.94. The lowest BCUT2D eigenvalue weighted by atomic mass is 10.1. The number of hydrogen-bond acceptors (Lipinski definition) is 8. The van der Waals surface area contributed by atoms with Gasteiger partial charge in [-0.15, -0.1) is 10.2 Å². The number of ether oxygens (including phenoxy) is 2. The summed E-state index contributed by atoms with van der Waals surface area (Å²) in [4.78, 5) is 12.4. The SMILES string of the molecule is COc1cc(OC)cc(-c2nnc(C=Cc3ccc(-c4nc(C(Cl)(Cl)Cl)nc(C(Cl)(Cl)Cl)n4)cc3)o2)c1. The Balaban J connectivity index is 1.56. The summed E-state index contributed by atoms with van der Waals surface area (Å²) in [5, 5.41) is 8.16. The van der Waals surface area contributed by atoms with Gasteiger partial charge >= 0.3 is 0 Å². The molecule has 0 bridgehead atoms. The Kier molecular flexibility index (Phi) is 8.38. The fourth-order valence-corrected chi connectivity index (χ4v) is 3.53. The van der Waals surface area contributed by atoms with Crippen molar-refractivity contribution in [3.63, 3.8) is 0 Å². The van der Waals surface area contributed by atoms with E-state index in [2.05, 4.69) is 25.1 Å². The Bertz CT molecular complexity index is 1380. The summed E-state index contributed by atoms with van der Waals surface area (Å²) in [7, 11) is 3.12. The van der Waals surface area contributed by atoms with Crippen LogP contribution in [0.2, 0.25) is 0 Å². The molecule has 0 aliphatic rings. The first kappa shape index (κ1) is 27.7. The van der Waals surface area contributed by atoms with Crippen molar-refractivity contribution in [2.45, 2.75) is 7.59 Å². The van der Waals surface area contributed by atoms with Crippen LogP contribution in [0.5, 0.6) is 11.5 Å². The van der Waals surface area contributed by atoms with Crippen LogP contribution in [0, 0.1) is 0 Å². The predicted octanol–water partition coefficient (Wildman–Crippen LogP) is 7.43. The Morgan fingerprint density at radius 3 is 1.78 bits per heavy atom. The highest BCUT2D eigenvalue weighted by Crippen LogP contribution is 2.40. The summed E-state index contributed by atoms with van der Waals surface area (Å²) in [5.41, 5.74) is 2.06. The van der Waals surface area contributed by atoms with Crippen molar-refractivity contribution in [1.29, 1.82) is 0 Å². The van der Waals surface area contributed by atoms with E-state index in [-0.39, 0.29) is 17.5 Å². The van der Waals surface area contributed by atoms with E-state index in [9.17, 15) is 0 Å². The Morgan fingerprint density at radius 2 is 1.27 bits per heavy atom. The molecule has 0 aliphatic heterocycles. The molecule has 14 heteroatoms. The lowest BCUT2D eigenvalue weighted by molar-refractivity contribution is 0.394. The maximum atomic E-state index is 5.94. The Morgan fingerprint density at radius 1 is 0.703 bits per heavy atom. The molecule has 8 nitrogen and oxygen atoms in total. The molecule has 0 fully saturated rings. The van der Waals surface area contributed by atoms with E-state index in [4.69, 9.17) is 83.5 Å². The first-order valence-electron chi connectivity index (χ1n) is 10.2. The van der Waals surface area contributed by atoms with Gasteiger partial charge in [0.25, 0.3) is 0 Å². The third-order valence-electron chi connectivity index (χ3n) is 4.77. The summed E-state index contributed by atoms with van der Waals surface area (Å²) in [6, 6.07) is 12.4. The van der Waals surface area contributed by atoms with Gasteiger partial charge in [-0.3, -0.25) is 0 Å². The van der Waals surface area contributed by atoms with Gasteiger partial charge in [-0.05, 0) is 23.8 Å². The third-order valence-corrected chi connectivity index (χ3v) is 5.78. The standard InChI is InChI=1S/C23H15Cl6N5O3/c1-35-15-9-14(10-16(11-15)36-2)19-34-33-17(37-19)8-5-12-3-6-13(7-4-12)18-30-20(22(24,25)26)32-21(31-18)23(27,28)29/h3-11H,1-2H3. The fraction of sp³-hybridized carbons (Fsp3) is 0.174. The summed E-state index contributed by atoms with van der Waals surface area (Å²) >= 11 is 35.7. The second kappa shape index (κ2) is 11.2. The van der Waals surface area contributed by atoms with Gasteiger partial charge < -0.3 is 13.9 Å². The Hall–Kier alpha value is -2.33. The van der Waals surface area contributed by atoms with Crippen LogP contribution in [0.25, 0.3) is 35.0 Å². The molecular weight excluding hydrogens is 607 g/mol. The molecule has 2 aromatic carbocycles. The molecule has 2 heterocycles. The van der Waals surface area contributed by atoms with Crippen LogP contribution in [0.3, 0.4) is 0 Å². The van der Waals surface area contributed by atoms with E-state index < -0.39 is 7.59 Å². The highest BCUT2D eigenvalue weighted by Gasteiger charge is 2.34. The molecule has 4 aromatic rings. The zero-order chi connectivity index (χ0) is 26.8. The third kappa shape index (κ3) is 6.96. The second-order valence-electron chi connectivity index (χ2n) is 7.30. The van der Waals surface area contributed by atoms with Crippen molar-refractivity contribution >= 4 is 81.8 Å². The van der Waals surface area contributed by atoms with E-state index in [1.165, 1.54) is 0 Å². The molecule has 0 radical (unpaired) electrons. The highest BCUT2D eigenvalue weighted by atomic mass is 35.6. The number of hydrogen-bond donors (Lipinski definition) is 0. The molecule has 0 saturated carbocycles. The van der Waals surface area contributed by atoms with Gasteiger partial charge in [-0.1, -0.05) is 93.9 Å². The zero-order valence-electron chi connectivity index (χ0n) is 18.9. The topological polar surface area (TPSA) is 96.1 Å². The van der Waals surface area contributed by atoms with Crippen molar-refractivity contribution < 1.29 is 13.9 Å². The number of methoxy groups -OCH3 is 2. The number of halogens is 6. The minimum absolute atomic E-state index is 0.170. The lowest BCUT2D eigenvalue weighted by Gasteiger charge is -2.15. The predicted molar refractivity (Wildman–Crippen MR) is 146 cm³/mol. The molecule has 0 N–H and O–H groups in total. The van der Waals surface area contributed by atoms with E-state index in [1.807, 2.05) is 12.1 Å². The molecule has 0 saturated heterocycles. The molecule has 4 rings (SSSR count). The molecule has 37 heavy (non-hydrogen) atoms. The van der Waals surface area contributed by atoms with Crippen molar-refractivity contribution in [2.24, 2.45) is 0 Å². The van der Waals surface area contributed by atoms with E-state index in [1.54, 1.807) is 56.7 Å². The average molecular weight is 622 g/mol. The molecule has 2 aromatic heterocycles. The zero-order valence-corrected chi connectivity index (χ0v) is 23.5. The summed E-state index contributed by atoms with van der Waals surface area (Å²) in [6.07, 6.45) is 3.47. The van der Waals surface area contributed by atoms with Crippen LogP contribution in [0.15, 0.2) is 46.9 Å². The van der Waals surface area contributed by atoms with Gasteiger partial charge in [0.15, 0.2) is 17.5 Å². The van der Waals surface area contributed by atoms with Crippen LogP contribution in [0.4, 0.5) is 0 Å². The number of rotatable bonds is 6. The molecule has 0 atom stereocenters. The van der Waals surface area contributed by atoms with E-state index in [0.717, 1.165) is 5.56 Å². The van der Waals surface area contributed by atoms with E-state index >= 15 is 0 Å². The van der Waals surface area contributed by atoms with Crippen LogP contribution < -0.4 is 9.47 Å². The normalized spacial score (nSPS) is 12.2. The monoisotopic (exact) mass is 619 g/mol. The summed E-state index contributed by atoms with van der Waals surface area (Å²) < 4.78 is 12.4. The largest absolute Gasteiger partial charge is 0.497 e. The fourth-order valence-electron chi connectivity index (χ4n) is 3.02. The van der Waals surface area contributed by atoms with Crippen molar-refractivity contribution in [3.05, 3.63) is 65.6 Å². The van der Waals surface area contributed by atoms with Crippen LogP contribution >= 0.6 is 69.6 Å². The minimum Gasteiger partial charge on any atom is -0.497 e. The number of aromatic nitrogens is 5. The van der Waals surface area contributed by atoms with E-state index in [0.29, 0.717) is 34.4 Å². The van der Waals surface area contributed by atoms with Gasteiger partial charge in [0.1, 0.15) is 11.5 Å². The van der Waals surface area contributed by atoms with Gasteiger partial charge in [0.2, 0.25) is 19.4 Å². The highest BCUT2D eigenvalue weighted by molar-refractivity contribution is 6.67. The van der Waals surface area contributed by atoms with Crippen molar-refractivity contribution in [1.82, 2.24) is 25.1 Å². The van der Waals surface area contributed by atoms with Crippen molar-refractivity contribution in [3.8, 4) is 34.3 Å². The molecule has 0 spiro atoms. The summed E-state index contributed by atoms with van der Waals surface area (Å²) in [5.74, 6) is 1.65. The maximum Gasteiger partial charge on any atom is 0.250 e. The second-order valence-corrected chi connectivity index (χ2v) is 11.9. The molecule has 0 unspecified atom stereocenters. The summed E-state index contributed by atoms with van der Waals surface area (Å²) in [6.45, 7) is 0. The first-order chi connectivity index (χ1) is 17.5. The number of alkyl halides is 6. The van der Waals surface area contributed by atoms with Crippen LogP contribution in [-0.4, -0.2) is 39.4 Å². The van der Waals surface area contributed by atoms with Gasteiger partial charge in [0, 0.05) is 23.3 Å². The maximum absolute atomic E-state index is 5.94. The molecule has 0 amide bonds. The molecule has 0 aliphatic carbocycles. The van der Waals surface area contributed by atoms with Crippen LogP contribution in [0.1, 0.15) is 23.1 Å². The average Bonchev–Trinajstić information content (AvgIpc) is 3.35. The van der Waals surface area contributed by atoms with Crippen molar-refractivity contribution in [2.75, 3.05) is 14.2 Å². The van der Waals surface area contributed by atoms with Crippen LogP contribution in [-0.2, 0) is 7.59 Å². The quantitative estimate of drug-likeness (QED) is 0.205.